The lowest BCUT2D eigenvalue weighted by Crippen LogP contribution is -2.59. The Hall–Kier alpha value is -3.34. The summed E-state index contributed by atoms with van der Waals surface area (Å²) in [5.74, 6) is -0.217. The van der Waals surface area contributed by atoms with E-state index in [9.17, 15) is 14.4 Å². The molecule has 2 aliphatic heterocycles. The molecule has 13 heteroatoms. The fraction of sp³-hybridized carbons (Fsp3) is 0.452. The second-order valence-corrected chi connectivity index (χ2v) is 13.5. The molecule has 0 bridgehead atoms. The van der Waals surface area contributed by atoms with Crippen LogP contribution in [0.3, 0.4) is 0 Å². The maximum absolute atomic E-state index is 14.0. The van der Waals surface area contributed by atoms with Crippen molar-refractivity contribution < 1.29 is 19.1 Å². The van der Waals surface area contributed by atoms with Gasteiger partial charge >= 0.3 is 6.09 Å². The fourth-order valence-electron chi connectivity index (χ4n) is 5.74. The lowest BCUT2D eigenvalue weighted by Gasteiger charge is -2.41. The van der Waals surface area contributed by atoms with Gasteiger partial charge in [-0.3, -0.25) is 14.5 Å². The molecule has 234 valence electrons. The lowest BCUT2D eigenvalue weighted by atomic mass is 10.1. The van der Waals surface area contributed by atoms with E-state index in [1.54, 1.807) is 71.8 Å². The first-order valence-electron chi connectivity index (χ1n) is 14.5. The Balaban J connectivity index is 1.31. The highest BCUT2D eigenvalue weighted by atomic mass is 35.5. The number of ether oxygens (including phenoxy) is 1. The summed E-state index contributed by atoms with van der Waals surface area (Å²) in [5, 5.41) is 10.1. The molecule has 0 N–H and O–H groups in total. The lowest BCUT2D eigenvalue weighted by molar-refractivity contribution is -0.144. The number of carbonyl (C=O) groups is 3. The van der Waals surface area contributed by atoms with Gasteiger partial charge in [-0.2, -0.15) is 0 Å². The summed E-state index contributed by atoms with van der Waals surface area (Å²) in [6, 6.07) is 11.1. The molecule has 3 heterocycles. The van der Waals surface area contributed by atoms with Gasteiger partial charge in [0.25, 0.3) is 0 Å². The molecule has 2 unspecified atom stereocenters. The van der Waals surface area contributed by atoms with Gasteiger partial charge in [0.2, 0.25) is 11.8 Å². The van der Waals surface area contributed by atoms with Crippen LogP contribution >= 0.6 is 34.8 Å². The van der Waals surface area contributed by atoms with Gasteiger partial charge in [-0.15, -0.1) is 5.10 Å². The van der Waals surface area contributed by atoms with Gasteiger partial charge in [-0.1, -0.05) is 58.2 Å². The van der Waals surface area contributed by atoms with Crippen LogP contribution in [0.2, 0.25) is 15.1 Å². The van der Waals surface area contributed by atoms with Gasteiger partial charge < -0.3 is 14.5 Å². The number of rotatable bonds is 5. The van der Waals surface area contributed by atoms with E-state index in [0.717, 1.165) is 5.56 Å². The molecule has 2 fully saturated rings. The molecule has 3 atom stereocenters. The Labute approximate surface area is 271 Å². The third kappa shape index (κ3) is 7.14. The predicted molar refractivity (Wildman–Crippen MR) is 169 cm³/mol. The zero-order valence-corrected chi connectivity index (χ0v) is 27.3. The standard InChI is InChI=1S/C31H35Cl3N6O4/c1-19-16-37(11-12-38(19)27(41)14-20-7-5-8-21(32)13-20)29(42)26-15-22(17-39(26)30(43)44-31(2,3)4)40-18-25(35-36-40)28-23(33)9-6-10-24(28)34/h5-10,13,18-19,22,26H,11-12,14-17H2,1-4H3/t19?,22?,26-/m0/s1. The number of nitrogens with zero attached hydrogens (tertiary/aromatic N) is 6. The second-order valence-electron chi connectivity index (χ2n) is 12.2. The van der Waals surface area contributed by atoms with E-state index in [-0.39, 0.29) is 36.9 Å². The zero-order chi connectivity index (χ0) is 31.8. The summed E-state index contributed by atoms with van der Waals surface area (Å²) >= 11 is 18.9. The molecular formula is C31H35Cl3N6O4. The molecule has 3 aromatic rings. The van der Waals surface area contributed by atoms with E-state index in [0.29, 0.717) is 52.4 Å². The maximum atomic E-state index is 14.0. The molecule has 3 amide bonds. The van der Waals surface area contributed by atoms with E-state index < -0.39 is 17.7 Å². The number of hydrogen-bond donors (Lipinski definition) is 0. The minimum absolute atomic E-state index is 0.0243. The minimum atomic E-state index is -0.771. The summed E-state index contributed by atoms with van der Waals surface area (Å²) in [7, 11) is 0. The largest absolute Gasteiger partial charge is 0.444 e. The minimum Gasteiger partial charge on any atom is -0.444 e. The first-order chi connectivity index (χ1) is 20.8. The van der Waals surface area contributed by atoms with Crippen molar-refractivity contribution in [3.8, 4) is 11.3 Å². The van der Waals surface area contributed by atoms with Crippen molar-refractivity contribution in [2.45, 2.75) is 64.3 Å². The van der Waals surface area contributed by atoms with Gasteiger partial charge in [0.15, 0.2) is 0 Å². The molecule has 2 saturated heterocycles. The highest BCUT2D eigenvalue weighted by molar-refractivity contribution is 6.39. The Bertz CT molecular complexity index is 1540. The molecule has 2 aromatic carbocycles. The van der Waals surface area contributed by atoms with Crippen molar-refractivity contribution in [1.29, 1.82) is 0 Å². The Morgan fingerprint density at radius 1 is 0.977 bits per heavy atom. The molecule has 10 nitrogen and oxygen atoms in total. The van der Waals surface area contributed by atoms with Gasteiger partial charge in [-0.25, -0.2) is 9.48 Å². The number of carbonyl (C=O) groups excluding carboxylic acids is 3. The van der Waals surface area contributed by atoms with Gasteiger partial charge in [0.05, 0.1) is 28.7 Å². The Morgan fingerprint density at radius 3 is 2.34 bits per heavy atom. The SMILES string of the molecule is CC1CN(C(=O)[C@@H]2CC(n3cc(-c4c(Cl)cccc4Cl)nn3)CN2C(=O)OC(C)(C)C)CCN1C(=O)Cc1cccc(Cl)c1. The molecule has 0 aliphatic carbocycles. The van der Waals surface area contributed by atoms with E-state index in [1.807, 2.05) is 19.1 Å². The summed E-state index contributed by atoms with van der Waals surface area (Å²) < 4.78 is 7.34. The molecule has 2 aliphatic rings. The smallest absolute Gasteiger partial charge is 0.411 e. The van der Waals surface area contributed by atoms with Crippen LogP contribution in [0, 0.1) is 0 Å². The van der Waals surface area contributed by atoms with Crippen molar-refractivity contribution in [1.82, 2.24) is 29.7 Å². The van der Waals surface area contributed by atoms with Gasteiger partial charge in [0, 0.05) is 49.2 Å². The van der Waals surface area contributed by atoms with Crippen LogP contribution in [0.5, 0.6) is 0 Å². The average Bonchev–Trinajstić information content (AvgIpc) is 3.60. The van der Waals surface area contributed by atoms with E-state index in [2.05, 4.69) is 10.3 Å². The van der Waals surface area contributed by atoms with E-state index in [1.165, 1.54) is 4.90 Å². The van der Waals surface area contributed by atoms with Crippen LogP contribution in [0.1, 0.15) is 45.7 Å². The number of halogens is 3. The summed E-state index contributed by atoms with van der Waals surface area (Å²) in [6.45, 7) is 8.58. The van der Waals surface area contributed by atoms with E-state index in [4.69, 9.17) is 39.5 Å². The summed E-state index contributed by atoms with van der Waals surface area (Å²) in [4.78, 5) is 45.5. The van der Waals surface area contributed by atoms with Crippen LogP contribution in [-0.2, 0) is 20.7 Å². The maximum Gasteiger partial charge on any atom is 0.411 e. The monoisotopic (exact) mass is 660 g/mol. The number of hydrogen-bond acceptors (Lipinski definition) is 6. The third-order valence-electron chi connectivity index (χ3n) is 7.80. The average molecular weight is 662 g/mol. The quantitative estimate of drug-likeness (QED) is 0.345. The first-order valence-corrected chi connectivity index (χ1v) is 15.6. The number of benzene rings is 2. The van der Waals surface area contributed by atoms with Gasteiger partial charge in [0.1, 0.15) is 17.3 Å². The van der Waals surface area contributed by atoms with Crippen molar-refractivity contribution in [3.05, 3.63) is 69.3 Å². The van der Waals surface area contributed by atoms with Crippen molar-refractivity contribution in [3.63, 3.8) is 0 Å². The zero-order valence-electron chi connectivity index (χ0n) is 25.0. The van der Waals surface area contributed by atoms with Crippen molar-refractivity contribution in [2.75, 3.05) is 26.2 Å². The topological polar surface area (TPSA) is 101 Å². The van der Waals surface area contributed by atoms with E-state index >= 15 is 0 Å². The first kappa shape index (κ1) is 32.1. The third-order valence-corrected chi connectivity index (χ3v) is 8.66. The number of aromatic nitrogens is 3. The summed E-state index contributed by atoms with van der Waals surface area (Å²) in [5.41, 5.74) is 1.15. The number of likely N-dealkylation sites (tertiary alicyclic amines) is 1. The molecule has 1 aromatic heterocycles. The van der Waals surface area contributed by atoms with Crippen LogP contribution in [0.15, 0.2) is 48.7 Å². The normalized spacial score (nSPS) is 20.6. The molecule has 44 heavy (non-hydrogen) atoms. The van der Waals surface area contributed by atoms with Crippen LogP contribution in [0.4, 0.5) is 4.79 Å². The highest BCUT2D eigenvalue weighted by Gasteiger charge is 2.45. The Morgan fingerprint density at radius 2 is 1.68 bits per heavy atom. The predicted octanol–water partition coefficient (Wildman–Crippen LogP) is 5.76. The van der Waals surface area contributed by atoms with Gasteiger partial charge in [-0.05, 0) is 57.5 Å². The number of piperazine rings is 1. The molecule has 0 spiro atoms. The molecule has 5 rings (SSSR count). The van der Waals surface area contributed by atoms with Crippen molar-refractivity contribution >= 4 is 52.7 Å². The second kappa shape index (κ2) is 12.9. The van der Waals surface area contributed by atoms with Crippen LogP contribution in [-0.4, -0.2) is 91.5 Å². The molecular weight excluding hydrogens is 627 g/mol. The highest BCUT2D eigenvalue weighted by Crippen LogP contribution is 2.35. The number of amides is 3. The Kier molecular flexibility index (Phi) is 9.44. The fourth-order valence-corrected chi connectivity index (χ4v) is 6.54. The summed E-state index contributed by atoms with van der Waals surface area (Å²) in [6.07, 6.45) is 1.70. The van der Waals surface area contributed by atoms with Crippen LogP contribution in [0.25, 0.3) is 11.3 Å². The van der Waals surface area contributed by atoms with Crippen molar-refractivity contribution in [2.24, 2.45) is 0 Å². The molecule has 0 radical (unpaired) electrons. The van der Waals surface area contributed by atoms with Crippen LogP contribution < -0.4 is 0 Å². The molecule has 0 saturated carbocycles.